The van der Waals surface area contributed by atoms with Crippen molar-refractivity contribution in [1.29, 1.82) is 0 Å². The molecule has 0 bridgehead atoms. The standard InChI is InChI=1S/C13H17NO2/c1-2-13(15-5-1)9-16-12-4-3-10-7-14-8-11(10)6-12/h3-4,6,13-14H,1-2,5,7-9H2. The molecular weight excluding hydrogens is 202 g/mol. The molecule has 1 aromatic carbocycles. The molecule has 1 N–H and O–H groups in total. The van der Waals surface area contributed by atoms with Crippen LogP contribution in [-0.2, 0) is 17.8 Å². The van der Waals surface area contributed by atoms with Gasteiger partial charge in [0.15, 0.2) is 0 Å². The molecule has 0 amide bonds. The summed E-state index contributed by atoms with van der Waals surface area (Å²) < 4.78 is 11.3. The second kappa shape index (κ2) is 4.44. The van der Waals surface area contributed by atoms with Crippen LogP contribution in [-0.4, -0.2) is 19.3 Å². The van der Waals surface area contributed by atoms with Crippen molar-refractivity contribution in [3.05, 3.63) is 29.3 Å². The van der Waals surface area contributed by atoms with E-state index in [1.54, 1.807) is 0 Å². The van der Waals surface area contributed by atoms with E-state index in [0.29, 0.717) is 12.7 Å². The maximum Gasteiger partial charge on any atom is 0.119 e. The highest BCUT2D eigenvalue weighted by molar-refractivity contribution is 5.37. The molecule has 2 aliphatic heterocycles. The van der Waals surface area contributed by atoms with E-state index in [1.807, 2.05) is 0 Å². The van der Waals surface area contributed by atoms with Crippen molar-refractivity contribution in [2.24, 2.45) is 0 Å². The maximum atomic E-state index is 5.76. The molecular formula is C13H17NO2. The zero-order valence-electron chi connectivity index (χ0n) is 9.37. The molecule has 0 spiro atoms. The summed E-state index contributed by atoms with van der Waals surface area (Å²) in [5.74, 6) is 0.970. The highest BCUT2D eigenvalue weighted by Gasteiger charge is 2.16. The minimum Gasteiger partial charge on any atom is -0.491 e. The molecule has 16 heavy (non-hydrogen) atoms. The first-order chi connectivity index (χ1) is 7.92. The number of nitrogens with one attached hydrogen (secondary N) is 1. The first kappa shape index (κ1) is 10.1. The van der Waals surface area contributed by atoms with Gasteiger partial charge in [0.2, 0.25) is 0 Å². The molecule has 1 fully saturated rings. The Bertz CT molecular complexity index is 372. The molecule has 3 heteroatoms. The molecule has 0 aromatic heterocycles. The van der Waals surface area contributed by atoms with E-state index in [4.69, 9.17) is 9.47 Å². The van der Waals surface area contributed by atoms with Gasteiger partial charge < -0.3 is 14.8 Å². The quantitative estimate of drug-likeness (QED) is 0.841. The third-order valence-corrected chi connectivity index (χ3v) is 3.27. The molecule has 2 aliphatic rings. The Balaban J connectivity index is 1.61. The summed E-state index contributed by atoms with van der Waals surface area (Å²) in [6.07, 6.45) is 2.60. The van der Waals surface area contributed by atoms with Crippen LogP contribution >= 0.6 is 0 Å². The fraction of sp³-hybridized carbons (Fsp3) is 0.538. The molecule has 0 radical (unpaired) electrons. The summed E-state index contributed by atoms with van der Waals surface area (Å²) in [5, 5.41) is 3.33. The Kier molecular flexibility index (Phi) is 2.80. The van der Waals surface area contributed by atoms with Gasteiger partial charge in [-0.05, 0) is 36.1 Å². The number of hydrogen-bond acceptors (Lipinski definition) is 3. The molecule has 1 unspecified atom stereocenters. The van der Waals surface area contributed by atoms with E-state index in [1.165, 1.54) is 17.5 Å². The topological polar surface area (TPSA) is 30.5 Å². The fourth-order valence-electron chi connectivity index (χ4n) is 2.33. The Hall–Kier alpha value is -1.06. The van der Waals surface area contributed by atoms with Crippen LogP contribution in [0.15, 0.2) is 18.2 Å². The summed E-state index contributed by atoms with van der Waals surface area (Å²) in [4.78, 5) is 0. The van der Waals surface area contributed by atoms with Gasteiger partial charge in [0.25, 0.3) is 0 Å². The monoisotopic (exact) mass is 219 g/mol. The zero-order chi connectivity index (χ0) is 10.8. The van der Waals surface area contributed by atoms with Crippen LogP contribution < -0.4 is 10.1 Å². The molecule has 1 saturated heterocycles. The minimum atomic E-state index is 0.298. The fourth-order valence-corrected chi connectivity index (χ4v) is 2.33. The predicted molar refractivity (Wildman–Crippen MR) is 61.5 cm³/mol. The van der Waals surface area contributed by atoms with Gasteiger partial charge in [0, 0.05) is 19.7 Å². The summed E-state index contributed by atoms with van der Waals surface area (Å²) in [7, 11) is 0. The minimum absolute atomic E-state index is 0.298. The second-order valence-electron chi connectivity index (χ2n) is 4.48. The maximum absolute atomic E-state index is 5.76. The molecule has 1 atom stereocenters. The number of ether oxygens (including phenoxy) is 2. The van der Waals surface area contributed by atoms with Crippen LogP contribution in [0.3, 0.4) is 0 Å². The van der Waals surface area contributed by atoms with Gasteiger partial charge in [-0.3, -0.25) is 0 Å². The molecule has 0 aliphatic carbocycles. The van der Waals surface area contributed by atoms with Crippen molar-refractivity contribution < 1.29 is 9.47 Å². The summed E-state index contributed by atoms with van der Waals surface area (Å²) in [6, 6.07) is 6.35. The van der Waals surface area contributed by atoms with E-state index in [9.17, 15) is 0 Å². The van der Waals surface area contributed by atoms with Crippen LogP contribution in [0, 0.1) is 0 Å². The van der Waals surface area contributed by atoms with Gasteiger partial charge in [0.05, 0.1) is 6.10 Å². The number of rotatable bonds is 3. The van der Waals surface area contributed by atoms with Crippen molar-refractivity contribution in [1.82, 2.24) is 5.32 Å². The summed E-state index contributed by atoms with van der Waals surface area (Å²) in [5.41, 5.74) is 2.76. The second-order valence-corrected chi connectivity index (χ2v) is 4.48. The van der Waals surface area contributed by atoms with Crippen LogP contribution in [0.1, 0.15) is 24.0 Å². The summed E-state index contributed by atoms with van der Waals surface area (Å²) in [6.45, 7) is 3.53. The van der Waals surface area contributed by atoms with E-state index >= 15 is 0 Å². The number of fused-ring (bicyclic) bond motifs is 1. The van der Waals surface area contributed by atoms with Crippen molar-refractivity contribution >= 4 is 0 Å². The molecule has 3 rings (SSSR count). The Morgan fingerprint density at radius 1 is 1.31 bits per heavy atom. The Labute approximate surface area is 95.8 Å². The van der Waals surface area contributed by atoms with Crippen LogP contribution in [0.5, 0.6) is 5.75 Å². The van der Waals surface area contributed by atoms with Gasteiger partial charge >= 0.3 is 0 Å². The number of benzene rings is 1. The number of hydrogen-bond donors (Lipinski definition) is 1. The molecule has 3 nitrogen and oxygen atoms in total. The van der Waals surface area contributed by atoms with E-state index < -0.39 is 0 Å². The first-order valence-corrected chi connectivity index (χ1v) is 5.99. The molecule has 0 saturated carbocycles. The SMILES string of the molecule is c1cc2c(cc1OCC1CCCO1)CNC2. The Morgan fingerprint density at radius 2 is 2.25 bits per heavy atom. The van der Waals surface area contributed by atoms with Gasteiger partial charge in [-0.15, -0.1) is 0 Å². The van der Waals surface area contributed by atoms with Gasteiger partial charge in [0.1, 0.15) is 12.4 Å². The van der Waals surface area contributed by atoms with Gasteiger partial charge in [-0.2, -0.15) is 0 Å². The third-order valence-electron chi connectivity index (χ3n) is 3.27. The third kappa shape index (κ3) is 2.06. The average molecular weight is 219 g/mol. The summed E-state index contributed by atoms with van der Waals surface area (Å²) >= 11 is 0. The molecule has 86 valence electrons. The first-order valence-electron chi connectivity index (χ1n) is 5.99. The Morgan fingerprint density at radius 3 is 3.12 bits per heavy atom. The van der Waals surface area contributed by atoms with E-state index in [2.05, 4.69) is 23.5 Å². The van der Waals surface area contributed by atoms with Crippen LogP contribution in [0.4, 0.5) is 0 Å². The van der Waals surface area contributed by atoms with Crippen LogP contribution in [0.2, 0.25) is 0 Å². The average Bonchev–Trinajstić information content (AvgIpc) is 2.97. The highest BCUT2D eigenvalue weighted by atomic mass is 16.5. The van der Waals surface area contributed by atoms with Crippen molar-refractivity contribution in [3.63, 3.8) is 0 Å². The lowest BCUT2D eigenvalue weighted by Gasteiger charge is -2.12. The normalized spacial score (nSPS) is 23.4. The smallest absolute Gasteiger partial charge is 0.119 e. The van der Waals surface area contributed by atoms with Gasteiger partial charge in [-0.1, -0.05) is 6.07 Å². The highest BCUT2D eigenvalue weighted by Crippen LogP contribution is 2.22. The van der Waals surface area contributed by atoms with Crippen molar-refractivity contribution in [2.45, 2.75) is 32.0 Å². The lowest BCUT2D eigenvalue weighted by atomic mass is 10.1. The lowest BCUT2D eigenvalue weighted by Crippen LogP contribution is -2.16. The van der Waals surface area contributed by atoms with Crippen molar-refractivity contribution in [2.75, 3.05) is 13.2 Å². The predicted octanol–water partition coefficient (Wildman–Crippen LogP) is 1.85. The largest absolute Gasteiger partial charge is 0.491 e. The van der Waals surface area contributed by atoms with E-state index in [0.717, 1.165) is 31.9 Å². The molecule has 1 aromatic rings. The molecule has 2 heterocycles. The van der Waals surface area contributed by atoms with E-state index in [-0.39, 0.29) is 0 Å². The van der Waals surface area contributed by atoms with Crippen molar-refractivity contribution in [3.8, 4) is 5.75 Å². The van der Waals surface area contributed by atoms with Gasteiger partial charge in [-0.25, -0.2) is 0 Å². The lowest BCUT2D eigenvalue weighted by molar-refractivity contribution is 0.0679. The van der Waals surface area contributed by atoms with Crippen LogP contribution in [0.25, 0.3) is 0 Å². The zero-order valence-corrected chi connectivity index (χ0v) is 9.37.